The molecule has 0 spiro atoms. The molecule has 4 rings (SSSR count). The molecular formula is C43H74N2O14. The first kappa shape index (κ1) is 49.8. The van der Waals surface area contributed by atoms with E-state index in [4.69, 9.17) is 37.9 Å². The van der Waals surface area contributed by atoms with E-state index >= 15 is 0 Å². The second-order valence-electron chi connectivity index (χ2n) is 17.8. The van der Waals surface area contributed by atoms with E-state index < -0.39 is 110 Å². The van der Waals surface area contributed by atoms with Crippen LogP contribution in [0.15, 0.2) is 24.3 Å². The molecule has 4 N–H and O–H groups in total. The number of nitrogens with zero attached hydrogens (tertiary/aromatic N) is 2. The van der Waals surface area contributed by atoms with Crippen LogP contribution in [-0.2, 0) is 47.5 Å². The Kier molecular flexibility index (Phi) is 18.9. The quantitative estimate of drug-likeness (QED) is 0.175. The summed E-state index contributed by atoms with van der Waals surface area (Å²) in [5, 5.41) is 45.1. The normalized spacial score (nSPS) is 45.8. The van der Waals surface area contributed by atoms with Gasteiger partial charge in [-0.3, -0.25) is 4.79 Å². The van der Waals surface area contributed by atoms with Crippen molar-refractivity contribution >= 4 is 12.3 Å². The van der Waals surface area contributed by atoms with Crippen molar-refractivity contribution in [2.45, 2.75) is 190 Å². The molecule has 4 aliphatic rings. The van der Waals surface area contributed by atoms with Gasteiger partial charge in [-0.1, -0.05) is 31.2 Å². The molecule has 4 heterocycles. The van der Waals surface area contributed by atoms with Crippen LogP contribution in [-0.4, -0.2) is 181 Å². The minimum atomic E-state index is -1.47. The lowest BCUT2D eigenvalue weighted by atomic mass is 9.82. The molecule has 0 amide bonds. The Balaban J connectivity index is 1.66. The van der Waals surface area contributed by atoms with Gasteiger partial charge in [-0.25, -0.2) is 0 Å². The van der Waals surface area contributed by atoms with Crippen LogP contribution in [0.1, 0.15) is 86.5 Å². The minimum Gasteiger partial charge on any atom is -0.462 e. The molecule has 0 saturated carbocycles. The summed E-state index contributed by atoms with van der Waals surface area (Å²) in [4.78, 5) is 29.5. The van der Waals surface area contributed by atoms with Crippen molar-refractivity contribution in [3.05, 3.63) is 24.3 Å². The predicted molar refractivity (Wildman–Crippen MR) is 217 cm³/mol. The van der Waals surface area contributed by atoms with Gasteiger partial charge in [-0.15, -0.1) is 0 Å². The summed E-state index contributed by atoms with van der Waals surface area (Å²) in [5.41, 5.74) is -1.47. The minimum absolute atomic E-state index is 0.00885. The van der Waals surface area contributed by atoms with Crippen LogP contribution in [0.3, 0.4) is 0 Å². The number of rotatable bonds is 11. The number of carbonyl (C=O) groups excluding carboxylic acids is 2. The van der Waals surface area contributed by atoms with Gasteiger partial charge in [0.1, 0.15) is 36.8 Å². The maximum atomic E-state index is 13.1. The maximum Gasteiger partial charge on any atom is 0.308 e. The molecule has 340 valence electrons. The van der Waals surface area contributed by atoms with Crippen LogP contribution in [0.4, 0.5) is 0 Å². The first-order valence-electron chi connectivity index (χ1n) is 21.3. The lowest BCUT2D eigenvalue weighted by molar-refractivity contribution is -0.344. The number of ether oxygens (including phenoxy) is 8. The highest BCUT2D eigenvalue weighted by Crippen LogP contribution is 2.37. The third kappa shape index (κ3) is 13.3. The Morgan fingerprint density at radius 3 is 2.17 bits per heavy atom. The fourth-order valence-electron chi connectivity index (χ4n) is 9.10. The molecule has 16 heteroatoms. The number of hydrogen-bond acceptors (Lipinski definition) is 16. The average Bonchev–Trinajstić information content (AvgIpc) is 3.13. The zero-order valence-corrected chi connectivity index (χ0v) is 37.0. The van der Waals surface area contributed by atoms with Crippen LogP contribution in [0.25, 0.3) is 0 Å². The predicted octanol–water partition coefficient (Wildman–Crippen LogP) is 2.33. The van der Waals surface area contributed by atoms with Gasteiger partial charge in [0.2, 0.25) is 0 Å². The summed E-state index contributed by atoms with van der Waals surface area (Å²) in [7, 11) is 9.03. The number of aldehydes is 1. The number of esters is 1. The first-order valence-corrected chi connectivity index (χ1v) is 21.3. The molecule has 19 atom stereocenters. The lowest BCUT2D eigenvalue weighted by Gasteiger charge is -2.50. The second-order valence-corrected chi connectivity index (χ2v) is 17.8. The largest absolute Gasteiger partial charge is 0.462 e. The summed E-state index contributed by atoms with van der Waals surface area (Å²) in [6.45, 7) is 10.8. The molecule has 0 aliphatic carbocycles. The number of methoxy groups -OCH3 is 1. The number of hydrogen-bond donors (Lipinski definition) is 4. The van der Waals surface area contributed by atoms with E-state index in [1.807, 2.05) is 52.2 Å². The van der Waals surface area contributed by atoms with Crippen LogP contribution >= 0.6 is 0 Å². The number of likely N-dealkylation sites (N-methyl/N-ethyl adjacent to an activating group) is 2. The van der Waals surface area contributed by atoms with E-state index in [0.717, 1.165) is 12.7 Å². The molecule has 4 aliphatic heterocycles. The Hall–Kier alpha value is -1.90. The third-order valence-corrected chi connectivity index (χ3v) is 12.4. The van der Waals surface area contributed by atoms with E-state index in [1.54, 1.807) is 39.8 Å². The van der Waals surface area contributed by atoms with Crippen molar-refractivity contribution in [3.8, 4) is 0 Å². The van der Waals surface area contributed by atoms with E-state index in [9.17, 15) is 30.0 Å². The molecule has 3 fully saturated rings. The van der Waals surface area contributed by atoms with E-state index in [-0.39, 0.29) is 30.9 Å². The molecule has 0 bridgehead atoms. The maximum absolute atomic E-state index is 13.1. The van der Waals surface area contributed by atoms with Gasteiger partial charge < -0.3 is 72.9 Å². The Bertz CT molecular complexity index is 1370. The summed E-state index contributed by atoms with van der Waals surface area (Å²) < 4.78 is 50.0. The van der Waals surface area contributed by atoms with Crippen LogP contribution in [0.2, 0.25) is 0 Å². The van der Waals surface area contributed by atoms with E-state index in [1.165, 1.54) is 14.0 Å². The summed E-state index contributed by atoms with van der Waals surface area (Å²) in [6, 6.07) is -0.466. The molecule has 0 aromatic heterocycles. The number of allylic oxidation sites excluding steroid dienone is 2. The fourth-order valence-corrected chi connectivity index (χ4v) is 9.10. The summed E-state index contributed by atoms with van der Waals surface area (Å²) >= 11 is 0. The first-order chi connectivity index (χ1) is 27.8. The molecule has 0 radical (unpaired) electrons. The van der Waals surface area contributed by atoms with Gasteiger partial charge in [-0.2, -0.15) is 0 Å². The third-order valence-electron chi connectivity index (χ3n) is 12.4. The Labute approximate surface area is 351 Å². The van der Waals surface area contributed by atoms with Crippen molar-refractivity contribution in [1.82, 2.24) is 9.80 Å². The number of aliphatic hydroxyl groups excluding tert-OH is 3. The number of carbonyl (C=O) groups is 2. The van der Waals surface area contributed by atoms with Crippen molar-refractivity contribution in [2.75, 3.05) is 35.3 Å². The molecule has 0 aromatic rings. The highest BCUT2D eigenvalue weighted by Gasteiger charge is 2.52. The molecular weight excluding hydrogens is 768 g/mol. The van der Waals surface area contributed by atoms with Gasteiger partial charge in [0.05, 0.1) is 54.7 Å². The zero-order chi connectivity index (χ0) is 43.8. The van der Waals surface area contributed by atoms with Crippen molar-refractivity contribution in [2.24, 2.45) is 11.8 Å². The summed E-state index contributed by atoms with van der Waals surface area (Å²) in [6.07, 6.45) is -1.56. The van der Waals surface area contributed by atoms with Gasteiger partial charge in [0.15, 0.2) is 18.9 Å². The van der Waals surface area contributed by atoms with Crippen LogP contribution in [0.5, 0.6) is 0 Å². The molecule has 59 heavy (non-hydrogen) atoms. The second kappa shape index (κ2) is 22.5. The summed E-state index contributed by atoms with van der Waals surface area (Å²) in [5.74, 6) is -1.47. The van der Waals surface area contributed by atoms with Gasteiger partial charge >= 0.3 is 5.97 Å². The van der Waals surface area contributed by atoms with Gasteiger partial charge in [-0.05, 0) is 93.9 Å². The van der Waals surface area contributed by atoms with Gasteiger partial charge in [0, 0.05) is 32.4 Å². The van der Waals surface area contributed by atoms with Crippen molar-refractivity contribution < 1.29 is 67.9 Å². The Morgan fingerprint density at radius 2 is 1.56 bits per heavy atom. The molecule has 0 aromatic carbocycles. The standard InChI is InChI=1S/C43H74N2O14/c1-24-21-29(19-20-46)39(59-42-37(49)36(45(9)10)38(27(4)56-42)58-35-23-43(6,51)41(50)28(5)55-35)40(52-11)31(47)22-33(48)53-25(2)15-13-12-14-16-32(24)57-34-18-17-30(44(7)8)26(3)54-34/h12-14,16,20,24-32,34-42,47,49-51H,15,17-19,21-23H2,1-11H3/b13-12+,16-14+/t24-,25-,26-,27-,28+,29+,30+,31-,32+,34+,35+,36-,37-,38-,39+,40+,41+,42?,43-/m1/s1. The number of aliphatic hydroxyl groups is 4. The van der Waals surface area contributed by atoms with Crippen molar-refractivity contribution in [3.63, 3.8) is 0 Å². The van der Waals surface area contributed by atoms with Crippen LogP contribution in [0, 0.1) is 11.8 Å². The number of cyclic esters (lactones) is 1. The fraction of sp³-hybridized carbons (Fsp3) is 0.860. The van der Waals surface area contributed by atoms with E-state index in [0.29, 0.717) is 19.3 Å². The SMILES string of the molecule is CO[C@@H]1[C@@H](OC2O[C@H](C)[C@@H](O[C@H]3C[C@@](C)(O)[C@@H](O)[C@H](C)O3)[C@H](N(C)C)[C@H]2O)[C@@H](CC=O)C[C@@H](C)[C@@H](O[C@H]2CC[C@H](N(C)C)[C@@H](C)O2)/C=C/C=C/C[C@@H](C)OC(=O)C[C@H]1O. The highest BCUT2D eigenvalue weighted by atomic mass is 16.7. The van der Waals surface area contributed by atoms with Crippen molar-refractivity contribution in [1.29, 1.82) is 0 Å². The molecule has 3 saturated heterocycles. The zero-order valence-electron chi connectivity index (χ0n) is 37.0. The lowest BCUT2D eigenvalue weighted by Crippen LogP contribution is -2.65. The topological polar surface area (TPSA) is 195 Å². The smallest absolute Gasteiger partial charge is 0.308 e. The Morgan fingerprint density at radius 1 is 0.864 bits per heavy atom. The van der Waals surface area contributed by atoms with Crippen LogP contribution < -0.4 is 0 Å². The van der Waals surface area contributed by atoms with Gasteiger partial charge in [0.25, 0.3) is 0 Å². The monoisotopic (exact) mass is 843 g/mol. The van der Waals surface area contributed by atoms with E-state index in [2.05, 4.69) is 4.90 Å². The molecule has 1 unspecified atom stereocenters. The molecule has 16 nitrogen and oxygen atoms in total. The highest BCUT2D eigenvalue weighted by molar-refractivity contribution is 5.70. The average molecular weight is 843 g/mol.